The van der Waals surface area contributed by atoms with Crippen LogP contribution in [0.4, 0.5) is 0 Å². The highest BCUT2D eigenvalue weighted by Crippen LogP contribution is 2.54. The van der Waals surface area contributed by atoms with E-state index in [2.05, 4.69) is 19.1 Å². The lowest BCUT2D eigenvalue weighted by Gasteiger charge is -2.55. The Morgan fingerprint density at radius 2 is 1.52 bits per heavy atom. The molecule has 1 amide bonds. The third kappa shape index (κ3) is 10.6. The van der Waals surface area contributed by atoms with Gasteiger partial charge in [-0.25, -0.2) is 4.79 Å². The maximum atomic E-state index is 12.9. The molecular formula is C37H54N2O5. The molecule has 7 nitrogen and oxygen atoms in total. The number of rotatable bonds is 16. The summed E-state index contributed by atoms with van der Waals surface area (Å²) in [4.78, 5) is 26.0. The van der Waals surface area contributed by atoms with Crippen molar-refractivity contribution < 1.29 is 24.2 Å². The van der Waals surface area contributed by atoms with E-state index in [1.54, 1.807) is 19.1 Å². The van der Waals surface area contributed by atoms with E-state index in [-0.39, 0.29) is 18.9 Å². The number of amides is 1. The molecule has 3 N–H and O–H groups in total. The lowest BCUT2D eigenvalue weighted by Crippen LogP contribution is -2.55. The Hall–Kier alpha value is -2.90. The van der Waals surface area contributed by atoms with Crippen molar-refractivity contribution in [3.8, 4) is 5.75 Å². The zero-order valence-corrected chi connectivity index (χ0v) is 26.9. The van der Waals surface area contributed by atoms with Crippen molar-refractivity contribution in [2.24, 2.45) is 23.5 Å². The summed E-state index contributed by atoms with van der Waals surface area (Å²) >= 11 is 0. The molecule has 0 saturated heterocycles. The van der Waals surface area contributed by atoms with Crippen molar-refractivity contribution >= 4 is 11.9 Å². The number of benzene rings is 2. The van der Waals surface area contributed by atoms with Crippen LogP contribution < -0.4 is 10.5 Å². The predicted octanol–water partition coefficient (Wildman–Crippen LogP) is 6.66. The number of nitrogens with two attached hydrogens (primary N) is 1. The van der Waals surface area contributed by atoms with Gasteiger partial charge in [0.05, 0.1) is 0 Å². The van der Waals surface area contributed by atoms with Crippen LogP contribution in [-0.2, 0) is 27.2 Å². The number of carbonyl (C=O) groups is 2. The van der Waals surface area contributed by atoms with Crippen LogP contribution in [0.1, 0.15) is 89.2 Å². The minimum atomic E-state index is -0.975. The highest BCUT2D eigenvalue weighted by atomic mass is 16.5. The van der Waals surface area contributed by atoms with Crippen molar-refractivity contribution in [3.63, 3.8) is 0 Å². The molecule has 1 atom stereocenters. The second-order valence-electron chi connectivity index (χ2n) is 13.4. The largest absolute Gasteiger partial charge is 0.484 e. The molecular weight excluding hydrogens is 552 g/mol. The van der Waals surface area contributed by atoms with E-state index >= 15 is 0 Å². The van der Waals surface area contributed by atoms with Gasteiger partial charge >= 0.3 is 5.97 Å². The molecule has 7 heteroatoms. The van der Waals surface area contributed by atoms with Gasteiger partial charge in [0.1, 0.15) is 5.75 Å². The molecule has 0 heterocycles. The molecule has 0 radical (unpaired) electrons. The van der Waals surface area contributed by atoms with E-state index in [1.807, 2.05) is 35.2 Å². The molecule has 2 aromatic rings. The summed E-state index contributed by atoms with van der Waals surface area (Å²) in [6, 6.07) is 17.3. The minimum absolute atomic E-state index is 0.0153. The number of carboxylic acid groups (broad SMARTS) is 1. The van der Waals surface area contributed by atoms with E-state index < -0.39 is 12.1 Å². The maximum Gasteiger partial charge on any atom is 0.333 e. The van der Waals surface area contributed by atoms with Crippen molar-refractivity contribution in [2.75, 3.05) is 26.3 Å². The third-order valence-electron chi connectivity index (χ3n) is 9.58. The van der Waals surface area contributed by atoms with Crippen molar-refractivity contribution in [1.29, 1.82) is 0 Å². The van der Waals surface area contributed by atoms with E-state index in [0.717, 1.165) is 55.5 Å². The highest BCUT2D eigenvalue weighted by molar-refractivity contribution is 5.77. The van der Waals surface area contributed by atoms with E-state index in [4.69, 9.17) is 15.2 Å². The van der Waals surface area contributed by atoms with Gasteiger partial charge in [0, 0.05) is 31.7 Å². The van der Waals surface area contributed by atoms with E-state index in [1.165, 1.54) is 50.5 Å². The first kappa shape index (κ1) is 34.0. The highest BCUT2D eigenvalue weighted by Gasteiger charge is 2.48. The second kappa shape index (κ2) is 17.0. The van der Waals surface area contributed by atoms with Crippen molar-refractivity contribution in [1.82, 2.24) is 4.90 Å². The summed E-state index contributed by atoms with van der Waals surface area (Å²) in [7, 11) is 0. The smallest absolute Gasteiger partial charge is 0.333 e. The number of aliphatic carboxylic acids is 1. The molecule has 4 aliphatic carbocycles. The van der Waals surface area contributed by atoms with Crippen LogP contribution in [0.25, 0.3) is 0 Å². The SMILES string of the molecule is CCCCCCN(CCc1ccccc1)C(=O)COc1ccc(C[C@H](OCC)C(=O)O)cc1.NC12CC3CC(CC(C3)C1)C2. The summed E-state index contributed by atoms with van der Waals surface area (Å²) in [6.07, 6.45) is 13.3. The first-order valence-corrected chi connectivity index (χ1v) is 16.9. The predicted molar refractivity (Wildman–Crippen MR) is 175 cm³/mol. The Morgan fingerprint density at radius 3 is 2.07 bits per heavy atom. The normalized spacial score (nSPS) is 23.8. The zero-order valence-electron chi connectivity index (χ0n) is 26.9. The summed E-state index contributed by atoms with van der Waals surface area (Å²) in [6.45, 7) is 5.69. The Labute approximate surface area is 264 Å². The Morgan fingerprint density at radius 1 is 0.886 bits per heavy atom. The number of carboxylic acids is 1. The minimum Gasteiger partial charge on any atom is -0.484 e. The number of nitrogens with zero attached hydrogens (tertiary/aromatic N) is 1. The average molecular weight is 607 g/mol. The fraction of sp³-hybridized carbons (Fsp3) is 0.622. The van der Waals surface area contributed by atoms with Gasteiger partial charge in [-0.1, -0.05) is 68.7 Å². The first-order valence-electron chi connectivity index (χ1n) is 16.9. The van der Waals surface area contributed by atoms with E-state index in [9.17, 15) is 14.7 Å². The van der Waals surface area contributed by atoms with Gasteiger partial charge in [0.25, 0.3) is 5.91 Å². The topological polar surface area (TPSA) is 102 Å². The Kier molecular flexibility index (Phi) is 13.1. The Balaban J connectivity index is 0.000000328. The molecule has 4 aliphatic rings. The van der Waals surface area contributed by atoms with Gasteiger partial charge in [0.15, 0.2) is 12.7 Å². The van der Waals surface area contributed by atoms with Gasteiger partial charge in [-0.15, -0.1) is 0 Å². The monoisotopic (exact) mass is 606 g/mol. The fourth-order valence-corrected chi connectivity index (χ4v) is 7.77. The van der Waals surface area contributed by atoms with Crippen LogP contribution >= 0.6 is 0 Å². The number of hydrogen-bond acceptors (Lipinski definition) is 5. The van der Waals surface area contributed by atoms with Gasteiger partial charge in [-0.05, 0) is 99.3 Å². The number of carbonyl (C=O) groups excluding carboxylic acids is 1. The quantitative estimate of drug-likeness (QED) is 0.207. The molecule has 242 valence electrons. The summed E-state index contributed by atoms with van der Waals surface area (Å²) in [5.41, 5.74) is 8.68. The van der Waals surface area contributed by atoms with Crippen LogP contribution in [0.15, 0.2) is 54.6 Å². The Bertz CT molecular complexity index is 1120. The standard InChI is InChI=1S/C27H37NO5.C10H17N/c1-3-5-6-10-18-28(19-17-22-11-8-7-9-12-22)26(29)21-33-24-15-13-23(14-16-24)20-25(27(30)31)32-4-2;11-10-4-7-1-8(5-10)3-9(2-7)6-10/h7-9,11-16,25H,3-6,10,17-21H2,1-2H3,(H,30,31);7-9H,1-6,11H2/t25-;/m0./s1. The van der Waals surface area contributed by atoms with Crippen LogP contribution in [0.5, 0.6) is 5.75 Å². The van der Waals surface area contributed by atoms with Crippen LogP contribution in [0.3, 0.4) is 0 Å². The molecule has 44 heavy (non-hydrogen) atoms. The lowest BCUT2D eigenvalue weighted by atomic mass is 9.53. The molecule has 4 bridgehead atoms. The molecule has 0 aliphatic heterocycles. The van der Waals surface area contributed by atoms with Crippen molar-refractivity contribution in [2.45, 2.75) is 103 Å². The third-order valence-corrected chi connectivity index (χ3v) is 9.58. The van der Waals surface area contributed by atoms with Crippen LogP contribution in [0, 0.1) is 17.8 Å². The summed E-state index contributed by atoms with van der Waals surface area (Å²) in [5, 5.41) is 9.23. The van der Waals surface area contributed by atoms with Crippen molar-refractivity contribution in [3.05, 3.63) is 65.7 Å². The molecule has 0 spiro atoms. The maximum absolute atomic E-state index is 12.9. The first-order chi connectivity index (χ1) is 21.3. The van der Waals surface area contributed by atoms with Gasteiger partial charge < -0.3 is 25.2 Å². The zero-order chi connectivity index (χ0) is 31.4. The second-order valence-corrected chi connectivity index (χ2v) is 13.4. The fourth-order valence-electron chi connectivity index (χ4n) is 7.77. The average Bonchev–Trinajstić information content (AvgIpc) is 2.99. The number of unbranched alkanes of at least 4 members (excludes halogenated alkanes) is 3. The molecule has 2 aromatic carbocycles. The number of hydrogen-bond donors (Lipinski definition) is 2. The van der Waals surface area contributed by atoms with Gasteiger partial charge in [-0.3, -0.25) is 4.79 Å². The van der Waals surface area contributed by atoms with E-state index in [0.29, 0.717) is 24.4 Å². The molecule has 4 fully saturated rings. The number of ether oxygens (including phenoxy) is 2. The molecule has 0 unspecified atom stereocenters. The molecule has 4 saturated carbocycles. The van der Waals surface area contributed by atoms with Gasteiger partial charge in [0.2, 0.25) is 0 Å². The van der Waals surface area contributed by atoms with Gasteiger partial charge in [-0.2, -0.15) is 0 Å². The summed E-state index contributed by atoms with van der Waals surface area (Å²) < 4.78 is 11.0. The van der Waals surface area contributed by atoms with Crippen LogP contribution in [-0.4, -0.2) is 59.8 Å². The van der Waals surface area contributed by atoms with Crippen LogP contribution in [0.2, 0.25) is 0 Å². The lowest BCUT2D eigenvalue weighted by molar-refractivity contribution is -0.150. The summed E-state index contributed by atoms with van der Waals surface area (Å²) in [5.74, 6) is 2.65. The molecule has 0 aromatic heterocycles. The molecule has 6 rings (SSSR count).